The highest BCUT2D eigenvalue weighted by Crippen LogP contribution is 2.57. The maximum Gasteiger partial charge on any atom is 0.0793 e. The molecule has 0 aliphatic rings. The fraction of sp³-hybridized carbons (Fsp3) is 0.684. The minimum Gasteiger partial charge on any atom is -0.113 e. The minimum absolute atomic E-state index is 0.0336. The molecule has 0 spiro atoms. The zero-order valence-electron chi connectivity index (χ0n) is 14.7. The number of hydrogen-bond acceptors (Lipinski definition) is 0. The SMILES string of the molecule is CC(C)(C)c1ccccc1C(Cl)(C(C)(C)C)C(C)(C)C. The van der Waals surface area contributed by atoms with Gasteiger partial charge in [-0.3, -0.25) is 0 Å². The molecule has 0 bridgehead atoms. The van der Waals surface area contributed by atoms with Gasteiger partial charge in [0.1, 0.15) is 0 Å². The Labute approximate surface area is 130 Å². The predicted molar refractivity (Wildman–Crippen MR) is 91.6 cm³/mol. The summed E-state index contributed by atoms with van der Waals surface area (Å²) in [6.07, 6.45) is 0. The van der Waals surface area contributed by atoms with Gasteiger partial charge in [-0.25, -0.2) is 0 Å². The standard InChI is InChI=1S/C19H31Cl/c1-16(2,3)14-12-10-11-13-15(14)19(20,17(4,5)6)18(7,8)9/h10-13H,1-9H3. The van der Waals surface area contributed by atoms with Crippen molar-refractivity contribution in [2.45, 2.75) is 72.6 Å². The Morgan fingerprint density at radius 3 is 1.30 bits per heavy atom. The fourth-order valence-electron chi connectivity index (χ4n) is 3.37. The van der Waals surface area contributed by atoms with Crippen LogP contribution in [0.15, 0.2) is 24.3 Å². The summed E-state index contributed by atoms with van der Waals surface area (Å²) in [7, 11) is 0. The van der Waals surface area contributed by atoms with Crippen LogP contribution in [0.5, 0.6) is 0 Å². The highest BCUT2D eigenvalue weighted by atomic mass is 35.5. The third-order valence-electron chi connectivity index (χ3n) is 4.17. The Kier molecular flexibility index (Phi) is 4.44. The second-order valence-electron chi connectivity index (χ2n) is 8.95. The molecule has 1 aromatic carbocycles. The zero-order chi connectivity index (χ0) is 16.0. The Hall–Kier alpha value is -0.490. The van der Waals surface area contributed by atoms with Gasteiger partial charge in [0.05, 0.1) is 4.87 Å². The molecule has 0 amide bonds. The summed E-state index contributed by atoms with van der Waals surface area (Å²) in [6.45, 7) is 20.2. The molecule has 0 saturated heterocycles. The van der Waals surface area contributed by atoms with E-state index < -0.39 is 4.87 Å². The molecule has 0 unspecified atom stereocenters. The van der Waals surface area contributed by atoms with Crippen LogP contribution < -0.4 is 0 Å². The van der Waals surface area contributed by atoms with E-state index in [2.05, 4.69) is 86.6 Å². The first-order valence-corrected chi connectivity index (χ1v) is 7.89. The van der Waals surface area contributed by atoms with Gasteiger partial charge in [0, 0.05) is 0 Å². The average Bonchev–Trinajstić information content (AvgIpc) is 2.23. The van der Waals surface area contributed by atoms with Gasteiger partial charge in [-0.15, -0.1) is 11.6 Å². The highest BCUT2D eigenvalue weighted by molar-refractivity contribution is 6.25. The first kappa shape index (κ1) is 17.6. The summed E-state index contributed by atoms with van der Waals surface area (Å²) < 4.78 is 0. The number of halogens is 1. The maximum atomic E-state index is 7.33. The minimum atomic E-state index is -0.413. The van der Waals surface area contributed by atoms with Crippen molar-refractivity contribution in [2.75, 3.05) is 0 Å². The molecule has 0 aromatic heterocycles. The number of rotatable bonds is 1. The van der Waals surface area contributed by atoms with E-state index in [4.69, 9.17) is 11.6 Å². The van der Waals surface area contributed by atoms with Crippen molar-refractivity contribution in [3.05, 3.63) is 35.4 Å². The molecule has 0 aliphatic heterocycles. The molecule has 1 rings (SSSR count). The second kappa shape index (κ2) is 5.05. The van der Waals surface area contributed by atoms with Crippen LogP contribution in [0.4, 0.5) is 0 Å². The lowest BCUT2D eigenvalue weighted by Gasteiger charge is -2.51. The van der Waals surface area contributed by atoms with Crippen LogP contribution >= 0.6 is 11.6 Å². The van der Waals surface area contributed by atoms with Gasteiger partial charge >= 0.3 is 0 Å². The van der Waals surface area contributed by atoms with E-state index in [-0.39, 0.29) is 16.2 Å². The molecule has 1 heteroatoms. The first-order chi connectivity index (χ1) is 8.73. The summed E-state index contributed by atoms with van der Waals surface area (Å²) in [5.74, 6) is 0. The van der Waals surface area contributed by atoms with Crippen molar-refractivity contribution in [1.29, 1.82) is 0 Å². The van der Waals surface area contributed by atoms with Crippen LogP contribution in [0.25, 0.3) is 0 Å². The fourth-order valence-corrected chi connectivity index (χ4v) is 3.54. The Balaban J connectivity index is 3.70. The molecule has 0 radical (unpaired) electrons. The van der Waals surface area contributed by atoms with Gasteiger partial charge < -0.3 is 0 Å². The van der Waals surface area contributed by atoms with Gasteiger partial charge in [0.15, 0.2) is 0 Å². The molecule has 1 aromatic rings. The van der Waals surface area contributed by atoms with E-state index in [1.807, 2.05) is 0 Å². The molecule has 0 saturated carbocycles. The Morgan fingerprint density at radius 1 is 0.650 bits per heavy atom. The third-order valence-corrected chi connectivity index (χ3v) is 5.51. The smallest absolute Gasteiger partial charge is 0.0793 e. The van der Waals surface area contributed by atoms with Gasteiger partial charge in [-0.05, 0) is 27.4 Å². The van der Waals surface area contributed by atoms with E-state index in [0.717, 1.165) is 0 Å². The molecule has 0 atom stereocenters. The van der Waals surface area contributed by atoms with E-state index in [9.17, 15) is 0 Å². The number of alkyl halides is 1. The van der Waals surface area contributed by atoms with Crippen LogP contribution in [0.1, 0.15) is 73.4 Å². The summed E-state index contributed by atoms with van der Waals surface area (Å²) in [4.78, 5) is -0.413. The van der Waals surface area contributed by atoms with Crippen molar-refractivity contribution in [3.8, 4) is 0 Å². The van der Waals surface area contributed by atoms with E-state index >= 15 is 0 Å². The highest BCUT2D eigenvalue weighted by Gasteiger charge is 2.51. The second-order valence-corrected chi connectivity index (χ2v) is 9.52. The lowest BCUT2D eigenvalue weighted by atomic mass is 9.60. The van der Waals surface area contributed by atoms with Crippen LogP contribution in [0.2, 0.25) is 0 Å². The monoisotopic (exact) mass is 294 g/mol. The average molecular weight is 295 g/mol. The van der Waals surface area contributed by atoms with Gasteiger partial charge in [0.25, 0.3) is 0 Å². The molecule has 20 heavy (non-hydrogen) atoms. The molecule has 0 nitrogen and oxygen atoms in total. The summed E-state index contributed by atoms with van der Waals surface area (Å²) in [6, 6.07) is 8.67. The van der Waals surface area contributed by atoms with Gasteiger partial charge in [-0.1, -0.05) is 86.6 Å². The van der Waals surface area contributed by atoms with Crippen molar-refractivity contribution >= 4 is 11.6 Å². The molecule has 0 heterocycles. The van der Waals surface area contributed by atoms with E-state index in [1.165, 1.54) is 11.1 Å². The molecule has 0 fully saturated rings. The zero-order valence-corrected chi connectivity index (χ0v) is 15.4. The van der Waals surface area contributed by atoms with Crippen LogP contribution in [0, 0.1) is 10.8 Å². The maximum absolute atomic E-state index is 7.33. The number of hydrogen-bond donors (Lipinski definition) is 0. The Bertz CT molecular complexity index is 450. The lowest BCUT2D eigenvalue weighted by Crippen LogP contribution is -2.47. The first-order valence-electron chi connectivity index (χ1n) is 7.52. The molecular weight excluding hydrogens is 264 g/mol. The van der Waals surface area contributed by atoms with Crippen molar-refractivity contribution in [2.24, 2.45) is 10.8 Å². The van der Waals surface area contributed by atoms with E-state index in [0.29, 0.717) is 0 Å². The molecule has 0 aliphatic carbocycles. The van der Waals surface area contributed by atoms with Crippen LogP contribution in [-0.2, 0) is 10.3 Å². The van der Waals surface area contributed by atoms with Crippen molar-refractivity contribution in [1.82, 2.24) is 0 Å². The van der Waals surface area contributed by atoms with Crippen molar-refractivity contribution < 1.29 is 0 Å². The molecule has 114 valence electrons. The van der Waals surface area contributed by atoms with Gasteiger partial charge in [-0.2, -0.15) is 0 Å². The van der Waals surface area contributed by atoms with E-state index in [1.54, 1.807) is 0 Å². The third kappa shape index (κ3) is 2.91. The van der Waals surface area contributed by atoms with Crippen molar-refractivity contribution in [3.63, 3.8) is 0 Å². The molecular formula is C19H31Cl. The summed E-state index contributed by atoms with van der Waals surface area (Å²) in [5, 5.41) is 0. The predicted octanol–water partition coefficient (Wildman–Crippen LogP) is 6.51. The topological polar surface area (TPSA) is 0 Å². The van der Waals surface area contributed by atoms with Gasteiger partial charge in [0.2, 0.25) is 0 Å². The summed E-state index contributed by atoms with van der Waals surface area (Å²) >= 11 is 7.33. The number of benzene rings is 1. The van der Waals surface area contributed by atoms with Crippen LogP contribution in [0.3, 0.4) is 0 Å². The largest absolute Gasteiger partial charge is 0.113 e. The normalized spacial score (nSPS) is 14.5. The quantitative estimate of drug-likeness (QED) is 0.518. The summed E-state index contributed by atoms with van der Waals surface area (Å²) in [5.41, 5.74) is 2.64. The molecule has 0 N–H and O–H groups in total. The Morgan fingerprint density at radius 2 is 1.00 bits per heavy atom. The lowest BCUT2D eigenvalue weighted by molar-refractivity contribution is 0.131. The van der Waals surface area contributed by atoms with Crippen LogP contribution in [-0.4, -0.2) is 0 Å².